The fraction of sp³-hybridized carbons (Fsp3) is 0.429. The van der Waals surface area contributed by atoms with E-state index < -0.39 is 0 Å². The molecule has 0 aromatic heterocycles. The van der Waals surface area contributed by atoms with Gasteiger partial charge in [0.2, 0.25) is 0 Å². The molecule has 0 radical (unpaired) electrons. The zero-order chi connectivity index (χ0) is 12.1. The number of Topliss-reactive ketones (excluding diaryl/α,β-unsaturated/α-hetero) is 1. The van der Waals surface area contributed by atoms with Crippen LogP contribution < -0.4 is 0 Å². The Kier molecular flexibility index (Phi) is 4.25. The summed E-state index contributed by atoms with van der Waals surface area (Å²) in [7, 11) is 0. The molecule has 0 spiro atoms. The van der Waals surface area contributed by atoms with Gasteiger partial charge >= 0.3 is 0 Å². The number of aryl methyl sites for hydroxylation is 3. The van der Waals surface area contributed by atoms with Gasteiger partial charge < -0.3 is 0 Å². The smallest absolute Gasteiger partial charge is 0.163 e. The van der Waals surface area contributed by atoms with Crippen LogP contribution in [0.3, 0.4) is 0 Å². The molecular weight excluding hydrogens is 198 g/mol. The SMILES string of the molecule is Cc1cc(C)c(C(=O)CCCC#N)c(C)c1. The maximum absolute atomic E-state index is 12.0. The Balaban J connectivity index is 2.88. The summed E-state index contributed by atoms with van der Waals surface area (Å²) in [4.78, 5) is 12.0. The maximum atomic E-state index is 12.0. The second-order valence-corrected chi connectivity index (χ2v) is 4.21. The summed E-state index contributed by atoms with van der Waals surface area (Å²) in [5.41, 5.74) is 4.10. The van der Waals surface area contributed by atoms with Crippen molar-refractivity contribution in [2.24, 2.45) is 0 Å². The Bertz CT molecular complexity index is 418. The van der Waals surface area contributed by atoms with Gasteiger partial charge in [-0.15, -0.1) is 0 Å². The first kappa shape index (κ1) is 12.4. The Morgan fingerprint density at radius 1 is 1.25 bits per heavy atom. The molecule has 2 heteroatoms. The first-order valence-corrected chi connectivity index (χ1v) is 5.54. The van der Waals surface area contributed by atoms with E-state index in [1.165, 1.54) is 5.56 Å². The van der Waals surface area contributed by atoms with E-state index in [1.807, 2.05) is 32.9 Å². The predicted octanol–water partition coefficient (Wildman–Crippen LogP) is 3.49. The molecule has 0 unspecified atom stereocenters. The lowest BCUT2D eigenvalue weighted by atomic mass is 9.94. The van der Waals surface area contributed by atoms with E-state index in [-0.39, 0.29) is 5.78 Å². The van der Waals surface area contributed by atoms with Gasteiger partial charge in [-0.3, -0.25) is 4.79 Å². The third-order valence-electron chi connectivity index (χ3n) is 2.65. The van der Waals surface area contributed by atoms with Crippen molar-refractivity contribution in [3.63, 3.8) is 0 Å². The molecule has 1 aromatic rings. The largest absolute Gasteiger partial charge is 0.294 e. The van der Waals surface area contributed by atoms with Crippen molar-refractivity contribution < 1.29 is 4.79 Å². The Morgan fingerprint density at radius 2 is 1.81 bits per heavy atom. The maximum Gasteiger partial charge on any atom is 0.163 e. The summed E-state index contributed by atoms with van der Waals surface area (Å²) in [6.07, 6.45) is 1.58. The van der Waals surface area contributed by atoms with Crippen LogP contribution in [-0.4, -0.2) is 5.78 Å². The summed E-state index contributed by atoms with van der Waals surface area (Å²) in [5, 5.41) is 8.43. The van der Waals surface area contributed by atoms with Crippen molar-refractivity contribution in [1.29, 1.82) is 5.26 Å². The van der Waals surface area contributed by atoms with Gasteiger partial charge in [0, 0.05) is 18.4 Å². The number of ketones is 1. The third-order valence-corrected chi connectivity index (χ3v) is 2.65. The molecule has 0 N–H and O–H groups in total. The highest BCUT2D eigenvalue weighted by molar-refractivity contribution is 5.98. The number of carbonyl (C=O) groups is 1. The second-order valence-electron chi connectivity index (χ2n) is 4.21. The van der Waals surface area contributed by atoms with Gasteiger partial charge in [0.1, 0.15) is 0 Å². The summed E-state index contributed by atoms with van der Waals surface area (Å²) < 4.78 is 0. The number of unbranched alkanes of at least 4 members (excludes halogenated alkanes) is 1. The molecule has 0 aliphatic rings. The van der Waals surface area contributed by atoms with Crippen LogP contribution in [-0.2, 0) is 0 Å². The number of hydrogen-bond donors (Lipinski definition) is 0. The molecule has 0 saturated heterocycles. The molecule has 16 heavy (non-hydrogen) atoms. The van der Waals surface area contributed by atoms with Crippen LogP contribution in [0.5, 0.6) is 0 Å². The molecule has 2 nitrogen and oxygen atoms in total. The van der Waals surface area contributed by atoms with Crippen LogP contribution in [0.2, 0.25) is 0 Å². The highest BCUT2D eigenvalue weighted by Gasteiger charge is 2.12. The van der Waals surface area contributed by atoms with Crippen molar-refractivity contribution in [3.05, 3.63) is 34.4 Å². The van der Waals surface area contributed by atoms with E-state index in [4.69, 9.17) is 5.26 Å². The van der Waals surface area contributed by atoms with E-state index in [0.29, 0.717) is 19.3 Å². The van der Waals surface area contributed by atoms with Gasteiger partial charge in [0.25, 0.3) is 0 Å². The molecule has 1 aromatic carbocycles. The zero-order valence-corrected chi connectivity index (χ0v) is 10.1. The molecule has 0 amide bonds. The molecule has 0 bridgehead atoms. The molecule has 0 saturated carbocycles. The molecule has 0 aliphatic carbocycles. The lowest BCUT2D eigenvalue weighted by molar-refractivity contribution is 0.0979. The van der Waals surface area contributed by atoms with Crippen molar-refractivity contribution >= 4 is 5.78 Å². The van der Waals surface area contributed by atoms with Crippen LogP contribution in [0.1, 0.15) is 46.3 Å². The van der Waals surface area contributed by atoms with E-state index in [9.17, 15) is 4.79 Å². The molecule has 0 aliphatic heterocycles. The standard InChI is InChI=1S/C14H17NO/c1-10-8-11(2)14(12(3)9-10)13(16)6-4-5-7-15/h8-9H,4-6H2,1-3H3. The zero-order valence-electron chi connectivity index (χ0n) is 10.1. The normalized spacial score (nSPS) is 9.88. The van der Waals surface area contributed by atoms with E-state index >= 15 is 0 Å². The van der Waals surface area contributed by atoms with E-state index in [1.54, 1.807) is 0 Å². The monoisotopic (exact) mass is 215 g/mol. The van der Waals surface area contributed by atoms with Crippen molar-refractivity contribution in [3.8, 4) is 6.07 Å². The molecule has 1 rings (SSSR count). The fourth-order valence-electron chi connectivity index (χ4n) is 2.07. The van der Waals surface area contributed by atoms with Gasteiger partial charge in [0.15, 0.2) is 5.78 Å². The average molecular weight is 215 g/mol. The van der Waals surface area contributed by atoms with Crippen LogP contribution in [0.15, 0.2) is 12.1 Å². The molecule has 0 heterocycles. The molecule has 0 atom stereocenters. The first-order chi connectivity index (χ1) is 7.56. The topological polar surface area (TPSA) is 40.9 Å². The van der Waals surface area contributed by atoms with Crippen LogP contribution in [0.25, 0.3) is 0 Å². The van der Waals surface area contributed by atoms with Gasteiger partial charge in [-0.25, -0.2) is 0 Å². The average Bonchev–Trinajstić information content (AvgIpc) is 2.16. The third kappa shape index (κ3) is 2.93. The van der Waals surface area contributed by atoms with Crippen molar-refractivity contribution in [2.45, 2.75) is 40.0 Å². The van der Waals surface area contributed by atoms with E-state index in [2.05, 4.69) is 6.07 Å². The Labute approximate surface area is 96.9 Å². The predicted molar refractivity (Wildman–Crippen MR) is 64.4 cm³/mol. The van der Waals surface area contributed by atoms with Gasteiger partial charge in [-0.05, 0) is 38.3 Å². The summed E-state index contributed by atoms with van der Waals surface area (Å²) in [5.74, 6) is 0.158. The van der Waals surface area contributed by atoms with E-state index in [0.717, 1.165) is 16.7 Å². The number of nitrogens with zero attached hydrogens (tertiary/aromatic N) is 1. The quantitative estimate of drug-likeness (QED) is 0.570. The lowest BCUT2D eigenvalue weighted by Gasteiger charge is -2.09. The number of rotatable bonds is 4. The lowest BCUT2D eigenvalue weighted by Crippen LogP contribution is -2.05. The second kappa shape index (κ2) is 5.46. The van der Waals surface area contributed by atoms with Crippen molar-refractivity contribution in [2.75, 3.05) is 0 Å². The summed E-state index contributed by atoms with van der Waals surface area (Å²) in [6.45, 7) is 5.97. The van der Waals surface area contributed by atoms with Gasteiger partial charge in [0.05, 0.1) is 6.07 Å². The minimum Gasteiger partial charge on any atom is -0.294 e. The van der Waals surface area contributed by atoms with Crippen LogP contribution in [0, 0.1) is 32.1 Å². The number of benzene rings is 1. The molecule has 84 valence electrons. The number of nitriles is 1. The van der Waals surface area contributed by atoms with Crippen molar-refractivity contribution in [1.82, 2.24) is 0 Å². The fourth-order valence-corrected chi connectivity index (χ4v) is 2.07. The highest BCUT2D eigenvalue weighted by atomic mass is 16.1. The molecule has 0 fully saturated rings. The number of hydrogen-bond acceptors (Lipinski definition) is 2. The van der Waals surface area contributed by atoms with Gasteiger partial charge in [-0.2, -0.15) is 5.26 Å². The summed E-state index contributed by atoms with van der Waals surface area (Å²) >= 11 is 0. The minimum absolute atomic E-state index is 0.158. The number of carbonyl (C=O) groups excluding carboxylic acids is 1. The Morgan fingerprint density at radius 3 is 2.31 bits per heavy atom. The van der Waals surface area contributed by atoms with Gasteiger partial charge in [-0.1, -0.05) is 17.7 Å². The minimum atomic E-state index is 0.158. The molecular formula is C14H17NO. The Hall–Kier alpha value is -1.62. The summed E-state index contributed by atoms with van der Waals surface area (Å²) in [6, 6.07) is 6.13. The first-order valence-electron chi connectivity index (χ1n) is 5.54. The highest BCUT2D eigenvalue weighted by Crippen LogP contribution is 2.18. The van der Waals surface area contributed by atoms with Crippen LogP contribution >= 0.6 is 0 Å². The van der Waals surface area contributed by atoms with Crippen LogP contribution in [0.4, 0.5) is 0 Å².